The first-order chi connectivity index (χ1) is 10.6. The molecule has 22 heavy (non-hydrogen) atoms. The summed E-state index contributed by atoms with van der Waals surface area (Å²) in [6, 6.07) is 9.37. The third-order valence-corrected chi connectivity index (χ3v) is 4.63. The van der Waals surface area contributed by atoms with Gasteiger partial charge in [-0.1, -0.05) is 23.7 Å². The minimum Gasteiger partial charge on any atom is -0.304 e. The quantitative estimate of drug-likeness (QED) is 0.770. The number of aromatic nitrogens is 2. The lowest BCUT2D eigenvalue weighted by Gasteiger charge is -2.04. The molecule has 112 valence electrons. The van der Waals surface area contributed by atoms with Crippen molar-refractivity contribution in [2.45, 2.75) is 13.8 Å². The molecule has 6 heteroatoms. The van der Waals surface area contributed by atoms with E-state index in [1.807, 2.05) is 49.7 Å². The number of rotatable bonds is 3. The monoisotopic (exact) mass is 331 g/mol. The highest BCUT2D eigenvalue weighted by molar-refractivity contribution is 7.12. The first-order valence-corrected chi connectivity index (χ1v) is 7.98. The lowest BCUT2D eigenvalue weighted by Crippen LogP contribution is -2.12. The smallest absolute Gasteiger partial charge is 0.267 e. The summed E-state index contributed by atoms with van der Waals surface area (Å²) in [7, 11) is 0. The van der Waals surface area contributed by atoms with Crippen molar-refractivity contribution < 1.29 is 4.79 Å². The maximum Gasteiger partial charge on any atom is 0.267 e. The van der Waals surface area contributed by atoms with Crippen molar-refractivity contribution in [3.63, 3.8) is 0 Å². The Labute approximate surface area is 137 Å². The molecule has 0 saturated heterocycles. The molecule has 0 bridgehead atoms. The fourth-order valence-corrected chi connectivity index (χ4v) is 3.16. The molecule has 0 fully saturated rings. The SMILES string of the molecule is Cc1cn(-c2ccccc2Cl)nc1NC(=O)c1sccc1C. The van der Waals surface area contributed by atoms with Crippen LogP contribution in [-0.4, -0.2) is 15.7 Å². The maximum atomic E-state index is 12.3. The fourth-order valence-electron chi connectivity index (χ4n) is 2.11. The molecule has 0 radical (unpaired) electrons. The number of nitrogens with zero attached hydrogens (tertiary/aromatic N) is 2. The van der Waals surface area contributed by atoms with Crippen LogP contribution in [0.25, 0.3) is 5.69 Å². The molecule has 0 unspecified atom stereocenters. The summed E-state index contributed by atoms with van der Waals surface area (Å²) in [5.74, 6) is 0.401. The van der Waals surface area contributed by atoms with Gasteiger partial charge in [-0.2, -0.15) is 0 Å². The van der Waals surface area contributed by atoms with Crippen molar-refractivity contribution >= 4 is 34.7 Å². The molecule has 3 rings (SSSR count). The molecular formula is C16H14ClN3OS. The van der Waals surface area contributed by atoms with Crippen LogP contribution in [0.5, 0.6) is 0 Å². The van der Waals surface area contributed by atoms with Gasteiger partial charge in [0, 0.05) is 11.8 Å². The van der Waals surface area contributed by atoms with E-state index < -0.39 is 0 Å². The summed E-state index contributed by atoms with van der Waals surface area (Å²) >= 11 is 7.60. The van der Waals surface area contributed by atoms with E-state index in [4.69, 9.17) is 11.6 Å². The van der Waals surface area contributed by atoms with Gasteiger partial charge in [0.05, 0.1) is 15.6 Å². The van der Waals surface area contributed by atoms with Crippen molar-refractivity contribution in [2.75, 3.05) is 5.32 Å². The van der Waals surface area contributed by atoms with Gasteiger partial charge in [-0.05, 0) is 43.0 Å². The number of aryl methyl sites for hydroxylation is 2. The molecule has 3 aromatic rings. The minimum absolute atomic E-state index is 0.139. The lowest BCUT2D eigenvalue weighted by molar-refractivity contribution is 0.102. The van der Waals surface area contributed by atoms with Crippen LogP contribution in [-0.2, 0) is 0 Å². The predicted molar refractivity (Wildman–Crippen MR) is 90.3 cm³/mol. The number of halogens is 1. The highest BCUT2D eigenvalue weighted by Gasteiger charge is 2.15. The first-order valence-electron chi connectivity index (χ1n) is 6.73. The molecule has 1 N–H and O–H groups in total. The molecule has 1 aromatic carbocycles. The van der Waals surface area contributed by atoms with E-state index in [1.165, 1.54) is 11.3 Å². The Morgan fingerprint density at radius 2 is 2.00 bits per heavy atom. The third kappa shape index (κ3) is 2.77. The second-order valence-electron chi connectivity index (χ2n) is 4.94. The summed E-state index contributed by atoms with van der Waals surface area (Å²) in [6.07, 6.45) is 1.85. The molecule has 0 spiro atoms. The van der Waals surface area contributed by atoms with E-state index in [1.54, 1.807) is 10.7 Å². The maximum absolute atomic E-state index is 12.3. The molecule has 0 aliphatic heterocycles. The van der Waals surface area contributed by atoms with Gasteiger partial charge in [-0.15, -0.1) is 16.4 Å². The van der Waals surface area contributed by atoms with E-state index in [-0.39, 0.29) is 5.91 Å². The van der Waals surface area contributed by atoms with Crippen LogP contribution in [0.2, 0.25) is 5.02 Å². The van der Waals surface area contributed by atoms with Crippen molar-refractivity contribution in [1.29, 1.82) is 0 Å². The van der Waals surface area contributed by atoms with Crippen molar-refractivity contribution in [1.82, 2.24) is 9.78 Å². The van der Waals surface area contributed by atoms with Crippen LogP contribution in [0.15, 0.2) is 41.9 Å². The number of carbonyl (C=O) groups excluding carboxylic acids is 1. The molecule has 1 amide bonds. The number of nitrogens with one attached hydrogen (secondary N) is 1. The minimum atomic E-state index is -0.139. The highest BCUT2D eigenvalue weighted by atomic mass is 35.5. The number of hydrogen-bond donors (Lipinski definition) is 1. The Morgan fingerprint density at radius 1 is 1.23 bits per heavy atom. The third-order valence-electron chi connectivity index (χ3n) is 3.30. The zero-order valence-corrected chi connectivity index (χ0v) is 13.7. The molecule has 0 saturated carbocycles. The fraction of sp³-hybridized carbons (Fsp3) is 0.125. The average Bonchev–Trinajstić information content (AvgIpc) is 3.06. The molecule has 0 atom stereocenters. The summed E-state index contributed by atoms with van der Waals surface area (Å²) in [6.45, 7) is 3.82. The predicted octanol–water partition coefficient (Wildman–Crippen LogP) is 4.46. The highest BCUT2D eigenvalue weighted by Crippen LogP contribution is 2.23. The summed E-state index contributed by atoms with van der Waals surface area (Å²) in [4.78, 5) is 13.0. The largest absolute Gasteiger partial charge is 0.304 e. The van der Waals surface area contributed by atoms with Crippen molar-refractivity contribution in [3.8, 4) is 5.69 Å². The number of para-hydroxylation sites is 1. The van der Waals surface area contributed by atoms with Gasteiger partial charge in [0.25, 0.3) is 5.91 Å². The number of thiophene rings is 1. The molecule has 2 aromatic heterocycles. The van der Waals surface area contributed by atoms with Gasteiger partial charge in [0.2, 0.25) is 0 Å². The van der Waals surface area contributed by atoms with Gasteiger partial charge in [-0.3, -0.25) is 4.79 Å². The Morgan fingerprint density at radius 3 is 2.68 bits per heavy atom. The van der Waals surface area contributed by atoms with Gasteiger partial charge in [-0.25, -0.2) is 4.68 Å². The van der Waals surface area contributed by atoms with Gasteiger partial charge in [0.15, 0.2) is 5.82 Å². The van der Waals surface area contributed by atoms with Gasteiger partial charge < -0.3 is 5.32 Å². The van der Waals surface area contributed by atoms with E-state index in [9.17, 15) is 4.79 Å². The molecule has 4 nitrogen and oxygen atoms in total. The average molecular weight is 332 g/mol. The Balaban J connectivity index is 1.89. The number of benzene rings is 1. The second kappa shape index (κ2) is 5.94. The van der Waals surface area contributed by atoms with E-state index in [0.29, 0.717) is 15.7 Å². The Kier molecular flexibility index (Phi) is 4.00. The van der Waals surface area contributed by atoms with E-state index in [0.717, 1.165) is 16.8 Å². The second-order valence-corrected chi connectivity index (χ2v) is 6.27. The summed E-state index contributed by atoms with van der Waals surface area (Å²) in [5.41, 5.74) is 2.62. The number of anilines is 1. The van der Waals surface area contributed by atoms with E-state index >= 15 is 0 Å². The lowest BCUT2D eigenvalue weighted by atomic mass is 10.3. The van der Waals surface area contributed by atoms with Crippen LogP contribution in [0.4, 0.5) is 5.82 Å². The molecular weight excluding hydrogens is 318 g/mol. The van der Waals surface area contributed by atoms with Crippen molar-refractivity contribution in [2.24, 2.45) is 0 Å². The topological polar surface area (TPSA) is 46.9 Å². The number of hydrogen-bond acceptors (Lipinski definition) is 3. The van der Waals surface area contributed by atoms with Crippen LogP contribution in [0.3, 0.4) is 0 Å². The van der Waals surface area contributed by atoms with E-state index in [2.05, 4.69) is 10.4 Å². The molecule has 0 aliphatic rings. The molecule has 0 aliphatic carbocycles. The normalized spacial score (nSPS) is 10.7. The number of carbonyl (C=O) groups is 1. The summed E-state index contributed by atoms with van der Waals surface area (Å²) in [5, 5.41) is 9.80. The summed E-state index contributed by atoms with van der Waals surface area (Å²) < 4.78 is 1.68. The van der Waals surface area contributed by atoms with Crippen LogP contribution < -0.4 is 5.32 Å². The van der Waals surface area contributed by atoms with Crippen molar-refractivity contribution in [3.05, 3.63) is 62.9 Å². The van der Waals surface area contributed by atoms with Crippen LogP contribution in [0, 0.1) is 13.8 Å². The van der Waals surface area contributed by atoms with Crippen LogP contribution >= 0.6 is 22.9 Å². The zero-order chi connectivity index (χ0) is 15.7. The zero-order valence-electron chi connectivity index (χ0n) is 12.1. The standard InChI is InChI=1S/C16H14ClN3OS/c1-10-7-8-22-14(10)16(21)18-15-11(2)9-20(19-15)13-6-4-3-5-12(13)17/h3-9H,1-2H3,(H,18,19,21). The molecule has 2 heterocycles. The van der Waals surface area contributed by atoms with Crippen LogP contribution in [0.1, 0.15) is 20.8 Å². The Bertz CT molecular complexity index is 838. The van der Waals surface area contributed by atoms with Gasteiger partial charge in [0.1, 0.15) is 0 Å². The van der Waals surface area contributed by atoms with Gasteiger partial charge >= 0.3 is 0 Å². The number of amides is 1. The first kappa shape index (κ1) is 14.8. The Hall–Kier alpha value is -2.11.